The molecule has 1 aromatic carbocycles. The molecule has 0 saturated heterocycles. The average Bonchev–Trinajstić information content (AvgIpc) is 3.35. The van der Waals surface area contributed by atoms with E-state index in [0.717, 1.165) is 17.7 Å². The van der Waals surface area contributed by atoms with Gasteiger partial charge in [0.25, 0.3) is 0 Å². The molecular weight excluding hydrogens is 333 g/mol. The fourth-order valence-corrected chi connectivity index (χ4v) is 3.00. The van der Waals surface area contributed by atoms with E-state index in [9.17, 15) is 22.8 Å². The lowest BCUT2D eigenvalue weighted by atomic mass is 10.1. The van der Waals surface area contributed by atoms with Crippen LogP contribution in [0, 0.1) is 5.92 Å². The van der Waals surface area contributed by atoms with Crippen LogP contribution >= 0.6 is 0 Å². The van der Waals surface area contributed by atoms with Crippen LogP contribution in [0.3, 0.4) is 0 Å². The first kappa shape index (κ1) is 19.3. The van der Waals surface area contributed by atoms with E-state index >= 15 is 0 Å². The second-order valence-corrected chi connectivity index (χ2v) is 6.33. The first-order valence-corrected chi connectivity index (χ1v) is 8.38. The molecule has 1 fully saturated rings. The van der Waals surface area contributed by atoms with Crippen LogP contribution in [-0.4, -0.2) is 48.3 Å². The van der Waals surface area contributed by atoms with Gasteiger partial charge in [-0.2, -0.15) is 13.2 Å². The molecule has 0 aromatic heterocycles. The van der Waals surface area contributed by atoms with Crippen molar-refractivity contribution in [3.63, 3.8) is 0 Å². The van der Waals surface area contributed by atoms with Crippen LogP contribution in [0.1, 0.15) is 37.3 Å². The lowest BCUT2D eigenvalue weighted by Gasteiger charge is -2.23. The summed E-state index contributed by atoms with van der Waals surface area (Å²) in [6.07, 6.45) is -3.75. The molecule has 0 bridgehead atoms. The van der Waals surface area contributed by atoms with Gasteiger partial charge in [0.05, 0.1) is 12.1 Å². The molecule has 0 aliphatic heterocycles. The van der Waals surface area contributed by atoms with E-state index in [-0.39, 0.29) is 30.2 Å². The summed E-state index contributed by atoms with van der Waals surface area (Å²) in [4.78, 5) is 27.6. The first-order chi connectivity index (χ1) is 11.7. The molecule has 0 radical (unpaired) electrons. The number of hydrogen-bond acceptors (Lipinski definition) is 2. The summed E-state index contributed by atoms with van der Waals surface area (Å²) in [7, 11) is 1.59. The van der Waals surface area contributed by atoms with Gasteiger partial charge in [-0.15, -0.1) is 0 Å². The van der Waals surface area contributed by atoms with Crippen molar-refractivity contribution in [3.8, 4) is 0 Å². The highest BCUT2D eigenvalue weighted by molar-refractivity contribution is 5.87. The van der Waals surface area contributed by atoms with Gasteiger partial charge >= 0.3 is 6.18 Å². The van der Waals surface area contributed by atoms with Gasteiger partial charge in [0.15, 0.2) is 0 Å². The number of nitrogens with zero attached hydrogens (tertiary/aromatic N) is 2. The maximum Gasteiger partial charge on any atom is 0.416 e. The molecule has 2 rings (SSSR count). The summed E-state index contributed by atoms with van der Waals surface area (Å²) >= 11 is 0. The molecule has 1 aromatic rings. The number of carbonyl (C=O) groups is 2. The molecule has 2 unspecified atom stereocenters. The Morgan fingerprint density at radius 3 is 2.16 bits per heavy atom. The van der Waals surface area contributed by atoms with Crippen molar-refractivity contribution >= 4 is 11.8 Å². The van der Waals surface area contributed by atoms with Crippen molar-refractivity contribution in [2.75, 3.05) is 26.7 Å². The molecular formula is C18H23F3N2O2. The van der Waals surface area contributed by atoms with Gasteiger partial charge in [-0.1, -0.05) is 12.1 Å². The lowest BCUT2D eigenvalue weighted by Crippen LogP contribution is -2.41. The highest BCUT2D eigenvalue weighted by atomic mass is 19.4. The smallest absolute Gasteiger partial charge is 0.342 e. The first-order valence-electron chi connectivity index (χ1n) is 8.38. The zero-order chi connectivity index (χ0) is 18.8. The second kappa shape index (κ2) is 7.45. The van der Waals surface area contributed by atoms with E-state index in [2.05, 4.69) is 0 Å². The lowest BCUT2D eigenvalue weighted by molar-refractivity contribution is -0.139. The minimum absolute atomic E-state index is 0.0245. The van der Waals surface area contributed by atoms with Gasteiger partial charge in [0.2, 0.25) is 11.8 Å². The van der Waals surface area contributed by atoms with Gasteiger partial charge < -0.3 is 9.80 Å². The summed E-state index contributed by atoms with van der Waals surface area (Å²) in [5, 5.41) is 0. The predicted octanol–water partition coefficient (Wildman–Crippen LogP) is 3.14. The third-order valence-corrected chi connectivity index (χ3v) is 4.64. The molecule has 0 heterocycles. The number of halogens is 3. The molecule has 1 aliphatic carbocycles. The van der Waals surface area contributed by atoms with Crippen molar-refractivity contribution in [1.82, 2.24) is 9.80 Å². The Kier molecular flexibility index (Phi) is 5.75. The van der Waals surface area contributed by atoms with Crippen molar-refractivity contribution in [2.24, 2.45) is 5.92 Å². The molecule has 25 heavy (non-hydrogen) atoms. The zero-order valence-corrected chi connectivity index (χ0v) is 14.6. The molecule has 2 atom stereocenters. The number of amides is 2. The zero-order valence-electron chi connectivity index (χ0n) is 14.6. The highest BCUT2D eigenvalue weighted by Gasteiger charge is 2.45. The quantitative estimate of drug-likeness (QED) is 0.786. The van der Waals surface area contributed by atoms with Crippen LogP contribution < -0.4 is 0 Å². The van der Waals surface area contributed by atoms with Gasteiger partial charge in [-0.05, 0) is 43.9 Å². The molecule has 138 valence electrons. The largest absolute Gasteiger partial charge is 0.416 e. The minimum atomic E-state index is -4.36. The molecule has 7 heteroatoms. The summed E-state index contributed by atoms with van der Waals surface area (Å²) in [6, 6.07) is 4.95. The van der Waals surface area contributed by atoms with E-state index in [4.69, 9.17) is 0 Å². The SMILES string of the molecule is CCN(CC)C(=O)CN(C)C(=O)C1CC1c1ccc(C(F)(F)F)cc1. The van der Waals surface area contributed by atoms with E-state index in [1.54, 1.807) is 11.9 Å². The Labute approximate surface area is 145 Å². The van der Waals surface area contributed by atoms with Crippen molar-refractivity contribution < 1.29 is 22.8 Å². The fourth-order valence-electron chi connectivity index (χ4n) is 3.00. The number of benzene rings is 1. The number of carbonyl (C=O) groups excluding carboxylic acids is 2. The Hall–Kier alpha value is -2.05. The number of alkyl halides is 3. The summed E-state index contributed by atoms with van der Waals surface area (Å²) < 4.78 is 37.8. The highest BCUT2D eigenvalue weighted by Crippen LogP contribution is 2.48. The summed E-state index contributed by atoms with van der Waals surface area (Å²) in [5.74, 6) is -0.565. The molecule has 0 N–H and O–H groups in total. The number of likely N-dealkylation sites (N-methyl/N-ethyl adjacent to an activating group) is 2. The predicted molar refractivity (Wildman–Crippen MR) is 87.9 cm³/mol. The van der Waals surface area contributed by atoms with Gasteiger partial charge in [0, 0.05) is 26.1 Å². The van der Waals surface area contributed by atoms with Gasteiger partial charge in [-0.25, -0.2) is 0 Å². The Morgan fingerprint density at radius 1 is 1.12 bits per heavy atom. The second-order valence-electron chi connectivity index (χ2n) is 6.33. The Bertz CT molecular complexity index is 624. The monoisotopic (exact) mass is 356 g/mol. The number of hydrogen-bond donors (Lipinski definition) is 0. The Morgan fingerprint density at radius 2 is 1.68 bits per heavy atom. The standard InChI is InChI=1S/C18H23F3N2O2/c1-4-23(5-2)16(24)11-22(3)17(25)15-10-14(15)12-6-8-13(9-7-12)18(19,20)21/h6-9,14-15H,4-5,10-11H2,1-3H3. The molecule has 4 nitrogen and oxygen atoms in total. The third kappa shape index (κ3) is 4.52. The topological polar surface area (TPSA) is 40.6 Å². The van der Waals surface area contributed by atoms with Crippen molar-refractivity contribution in [1.29, 1.82) is 0 Å². The third-order valence-electron chi connectivity index (χ3n) is 4.64. The van der Waals surface area contributed by atoms with Gasteiger partial charge in [0.1, 0.15) is 0 Å². The normalized spacial score (nSPS) is 19.4. The molecule has 2 amide bonds. The summed E-state index contributed by atoms with van der Waals surface area (Å²) in [6.45, 7) is 4.97. The van der Waals surface area contributed by atoms with E-state index < -0.39 is 11.7 Å². The van der Waals surface area contributed by atoms with Crippen molar-refractivity contribution in [2.45, 2.75) is 32.4 Å². The number of rotatable bonds is 6. The Balaban J connectivity index is 1.94. The summed E-state index contributed by atoms with van der Waals surface area (Å²) in [5.41, 5.74) is 0.0385. The van der Waals surface area contributed by atoms with E-state index in [1.165, 1.54) is 17.0 Å². The van der Waals surface area contributed by atoms with Gasteiger partial charge in [-0.3, -0.25) is 9.59 Å². The van der Waals surface area contributed by atoms with Crippen molar-refractivity contribution in [3.05, 3.63) is 35.4 Å². The van der Waals surface area contributed by atoms with Crippen LogP contribution in [0.4, 0.5) is 13.2 Å². The van der Waals surface area contributed by atoms with Crippen LogP contribution in [0.5, 0.6) is 0 Å². The van der Waals surface area contributed by atoms with E-state index in [1.807, 2.05) is 13.8 Å². The van der Waals surface area contributed by atoms with Crippen LogP contribution in [0.15, 0.2) is 24.3 Å². The maximum absolute atomic E-state index is 12.6. The molecule has 0 spiro atoms. The maximum atomic E-state index is 12.6. The minimum Gasteiger partial charge on any atom is -0.342 e. The van der Waals surface area contributed by atoms with E-state index in [0.29, 0.717) is 19.5 Å². The van der Waals surface area contributed by atoms with Crippen LogP contribution in [-0.2, 0) is 15.8 Å². The fraction of sp³-hybridized carbons (Fsp3) is 0.556. The van der Waals surface area contributed by atoms with Crippen LogP contribution in [0.25, 0.3) is 0 Å². The molecule has 1 aliphatic rings. The molecule has 1 saturated carbocycles. The van der Waals surface area contributed by atoms with Crippen LogP contribution in [0.2, 0.25) is 0 Å². The average molecular weight is 356 g/mol.